The van der Waals surface area contributed by atoms with Crippen LogP contribution in [0, 0.1) is 12.1 Å². The summed E-state index contributed by atoms with van der Waals surface area (Å²) in [5.41, 5.74) is 8.06. The van der Waals surface area contributed by atoms with Crippen molar-refractivity contribution < 1.29 is 25.8 Å². The van der Waals surface area contributed by atoms with E-state index in [0.717, 1.165) is 44.7 Å². The summed E-state index contributed by atoms with van der Waals surface area (Å²) in [6, 6.07) is 36.4. The smallest absolute Gasteiger partial charge is 0.503 e. The first-order valence-corrected chi connectivity index (χ1v) is 15.9. The molecule has 47 heavy (non-hydrogen) atoms. The van der Waals surface area contributed by atoms with E-state index in [0.29, 0.717) is 23.3 Å². The van der Waals surface area contributed by atoms with Crippen molar-refractivity contribution in [3.63, 3.8) is 0 Å². The molecule has 0 amide bonds. The maximum Gasteiger partial charge on any atom is 2.00 e. The zero-order valence-electron chi connectivity index (χ0n) is 27.0. The summed E-state index contributed by atoms with van der Waals surface area (Å²) in [7, 11) is 2.17. The van der Waals surface area contributed by atoms with Gasteiger partial charge in [0, 0.05) is 41.4 Å². The normalized spacial score (nSPS) is 12.5. The van der Waals surface area contributed by atoms with E-state index < -0.39 is 0 Å². The summed E-state index contributed by atoms with van der Waals surface area (Å²) in [5, 5.41) is 2.25. The molecule has 0 fully saturated rings. The first-order valence-electron chi connectivity index (χ1n) is 15.9. The molecule has 4 aromatic carbocycles. The molecule has 0 saturated heterocycles. The second kappa shape index (κ2) is 12.2. The van der Waals surface area contributed by atoms with Gasteiger partial charge in [0.1, 0.15) is 5.82 Å². The molecule has 0 atom stereocenters. The minimum absolute atomic E-state index is 0. The van der Waals surface area contributed by atoms with Gasteiger partial charge in [-0.2, -0.15) is 6.07 Å². The van der Waals surface area contributed by atoms with Gasteiger partial charge in [-0.15, -0.1) is 23.6 Å². The molecule has 0 radical (unpaired) electrons. The third-order valence-corrected chi connectivity index (χ3v) is 9.13. The fraction of sp³-hybridized carbons (Fsp3) is 0.179. The number of imidazole rings is 1. The molecule has 0 unspecified atom stereocenters. The van der Waals surface area contributed by atoms with Crippen LogP contribution in [-0.2, 0) is 21.1 Å². The van der Waals surface area contributed by atoms with Crippen molar-refractivity contribution in [1.82, 2.24) is 19.0 Å². The van der Waals surface area contributed by atoms with E-state index in [1.165, 1.54) is 16.6 Å². The predicted octanol–water partition coefficient (Wildman–Crippen LogP) is 8.37. The standard InChI is InChI=1S/C39H34BN5O.Pt/c1-25(2)29-12-10-13-30(26(3)4)38(29)40-43(5)34-19-17-27(23-33(34)39-42-21-22-44(39)40)46-28-16-18-32-31-11-6-7-14-35(31)45(36(32)24-28)37-15-8-9-20-41-37;/h6-22,25-26H,1-5H3;/q-2;+2. The number of fused-ring (bicyclic) bond motifs is 6. The molecule has 1 aliphatic heterocycles. The Morgan fingerprint density at radius 3 is 2.19 bits per heavy atom. The molecular formula is C39H34BN5OPt. The Kier molecular flexibility index (Phi) is 8.05. The average Bonchev–Trinajstić information content (AvgIpc) is 3.68. The molecule has 8 rings (SSSR count). The van der Waals surface area contributed by atoms with E-state index >= 15 is 0 Å². The van der Waals surface area contributed by atoms with Crippen LogP contribution in [0.5, 0.6) is 11.5 Å². The first-order chi connectivity index (χ1) is 22.4. The number of ether oxygens (including phenoxy) is 1. The predicted molar refractivity (Wildman–Crippen MR) is 188 cm³/mol. The minimum Gasteiger partial charge on any atom is -0.503 e. The number of nitrogens with zero attached hydrogens (tertiary/aromatic N) is 5. The molecule has 1 aliphatic rings. The van der Waals surface area contributed by atoms with Gasteiger partial charge < -0.3 is 18.6 Å². The molecule has 4 heterocycles. The number of hydrogen-bond donors (Lipinski definition) is 0. The number of benzene rings is 4. The monoisotopic (exact) mass is 794 g/mol. The molecule has 0 bridgehead atoms. The van der Waals surface area contributed by atoms with E-state index in [4.69, 9.17) is 9.72 Å². The van der Waals surface area contributed by atoms with Crippen LogP contribution in [0.3, 0.4) is 0 Å². The summed E-state index contributed by atoms with van der Waals surface area (Å²) >= 11 is 0. The first kappa shape index (κ1) is 31.0. The molecule has 6 nitrogen and oxygen atoms in total. The van der Waals surface area contributed by atoms with Crippen LogP contribution in [0.2, 0.25) is 0 Å². The molecule has 0 saturated carbocycles. The summed E-state index contributed by atoms with van der Waals surface area (Å²) in [4.78, 5) is 11.8. The summed E-state index contributed by atoms with van der Waals surface area (Å²) < 4.78 is 10.9. The zero-order chi connectivity index (χ0) is 31.5. The van der Waals surface area contributed by atoms with Crippen LogP contribution in [0.4, 0.5) is 5.69 Å². The van der Waals surface area contributed by atoms with Crippen LogP contribution in [0.25, 0.3) is 39.0 Å². The SMILES string of the molecule is CC(C)c1cccc(C(C)C)c1B1N(C)c2ccc(Oc3[c-]c4c(cc3)c3ccccc3n4-c3ccccn3)[c-]c2-c2nccn21.[Pt+2]. The molecule has 234 valence electrons. The fourth-order valence-electron chi connectivity index (χ4n) is 7.03. The van der Waals surface area contributed by atoms with Crippen molar-refractivity contribution in [3.05, 3.63) is 127 Å². The van der Waals surface area contributed by atoms with Gasteiger partial charge in [0.2, 0.25) is 0 Å². The van der Waals surface area contributed by atoms with Crippen LogP contribution in [-0.4, -0.2) is 33.0 Å². The van der Waals surface area contributed by atoms with Gasteiger partial charge in [0.25, 0.3) is 0 Å². The van der Waals surface area contributed by atoms with Crippen molar-refractivity contribution in [2.45, 2.75) is 39.5 Å². The Bertz CT molecular complexity index is 2210. The molecule has 0 spiro atoms. The van der Waals surface area contributed by atoms with Crippen LogP contribution in [0.1, 0.15) is 50.7 Å². The van der Waals surface area contributed by atoms with Gasteiger partial charge in [-0.25, -0.2) is 4.98 Å². The topological polar surface area (TPSA) is 48.1 Å². The number of aromatic nitrogens is 4. The molecular weight excluding hydrogens is 760 g/mol. The molecule has 0 N–H and O–H groups in total. The Balaban J connectivity index is 0.00000351. The molecule has 7 aromatic rings. The van der Waals surface area contributed by atoms with Crippen LogP contribution < -0.4 is 15.0 Å². The quantitative estimate of drug-likeness (QED) is 0.126. The molecule has 0 aliphatic carbocycles. The van der Waals surface area contributed by atoms with Crippen molar-refractivity contribution >= 4 is 39.9 Å². The van der Waals surface area contributed by atoms with E-state index in [1.54, 1.807) is 0 Å². The maximum absolute atomic E-state index is 6.48. The van der Waals surface area contributed by atoms with E-state index in [2.05, 4.69) is 127 Å². The third-order valence-electron chi connectivity index (χ3n) is 9.13. The summed E-state index contributed by atoms with van der Waals surface area (Å²) in [5.74, 6) is 3.73. The van der Waals surface area contributed by atoms with Gasteiger partial charge in [0.05, 0.1) is 0 Å². The number of hydrogen-bond acceptors (Lipinski definition) is 4. The zero-order valence-corrected chi connectivity index (χ0v) is 29.3. The van der Waals surface area contributed by atoms with Crippen LogP contribution >= 0.6 is 0 Å². The van der Waals surface area contributed by atoms with Gasteiger partial charge >= 0.3 is 28.0 Å². The van der Waals surface area contributed by atoms with Gasteiger partial charge in [-0.1, -0.05) is 99.1 Å². The van der Waals surface area contributed by atoms with Gasteiger partial charge in [-0.3, -0.25) is 4.98 Å². The number of rotatable bonds is 6. The largest absolute Gasteiger partial charge is 2.00 e. The number of pyridine rings is 1. The average molecular weight is 795 g/mol. The fourth-order valence-corrected chi connectivity index (χ4v) is 7.03. The summed E-state index contributed by atoms with van der Waals surface area (Å²) in [6.07, 6.45) is 5.78. The third kappa shape index (κ3) is 5.09. The van der Waals surface area contributed by atoms with Gasteiger partial charge in [-0.05, 0) is 59.1 Å². The molecule has 8 heteroatoms. The van der Waals surface area contributed by atoms with Crippen molar-refractivity contribution in [2.75, 3.05) is 11.9 Å². The Labute approximate surface area is 290 Å². The molecule has 3 aromatic heterocycles. The van der Waals surface area contributed by atoms with Crippen molar-refractivity contribution in [1.29, 1.82) is 0 Å². The summed E-state index contributed by atoms with van der Waals surface area (Å²) in [6.45, 7) is 9.07. The van der Waals surface area contributed by atoms with Crippen molar-refractivity contribution in [2.24, 2.45) is 0 Å². The van der Waals surface area contributed by atoms with E-state index in [-0.39, 0.29) is 28.0 Å². The Morgan fingerprint density at radius 2 is 1.45 bits per heavy atom. The minimum atomic E-state index is -0.0228. The Morgan fingerprint density at radius 1 is 0.723 bits per heavy atom. The number of anilines is 1. The van der Waals surface area contributed by atoms with E-state index in [1.807, 2.05) is 42.7 Å². The number of para-hydroxylation sites is 1. The van der Waals surface area contributed by atoms with E-state index in [9.17, 15) is 0 Å². The van der Waals surface area contributed by atoms with Gasteiger partial charge in [0.15, 0.2) is 0 Å². The second-order valence-electron chi connectivity index (χ2n) is 12.6. The van der Waals surface area contributed by atoms with Crippen molar-refractivity contribution in [3.8, 4) is 28.7 Å². The second-order valence-corrected chi connectivity index (χ2v) is 12.6. The van der Waals surface area contributed by atoms with Crippen LogP contribution in [0.15, 0.2) is 104 Å². The maximum atomic E-state index is 6.48. The Hall–Kier alpha value is -4.61.